The van der Waals surface area contributed by atoms with Crippen LogP contribution in [0.25, 0.3) is 11.0 Å². The Hall–Kier alpha value is -3.71. The number of aryl methyl sites for hydroxylation is 2. The van der Waals surface area contributed by atoms with E-state index in [4.69, 9.17) is 4.42 Å². The lowest BCUT2D eigenvalue weighted by molar-refractivity contribution is 0.1000. The van der Waals surface area contributed by atoms with E-state index in [0.29, 0.717) is 22.3 Å². The molecule has 0 aliphatic rings. The van der Waals surface area contributed by atoms with E-state index in [0.717, 1.165) is 9.87 Å². The number of sulfonamides is 1. The standard InChI is InChI=1S/C25H21NO5S/c1-16-9-11-19(12-10-16)25(28)26(32(29,30)21-7-5-4-6-8-21)20-13-14-23-22(15-20)24(17(2)27)18(3)31-23/h4-15H,1-3H3. The fraction of sp³-hybridized carbons (Fsp3) is 0.120. The molecular weight excluding hydrogens is 426 g/mol. The molecule has 0 atom stereocenters. The zero-order valence-corrected chi connectivity index (χ0v) is 18.6. The molecule has 0 saturated heterocycles. The summed E-state index contributed by atoms with van der Waals surface area (Å²) in [6.45, 7) is 4.97. The van der Waals surface area contributed by atoms with Crippen molar-refractivity contribution in [3.05, 3.63) is 95.2 Å². The van der Waals surface area contributed by atoms with Crippen LogP contribution in [0.3, 0.4) is 0 Å². The Morgan fingerprint density at radius 3 is 2.16 bits per heavy atom. The van der Waals surface area contributed by atoms with Gasteiger partial charge >= 0.3 is 0 Å². The summed E-state index contributed by atoms with van der Waals surface area (Å²) in [4.78, 5) is 25.6. The smallest absolute Gasteiger partial charge is 0.272 e. The van der Waals surface area contributed by atoms with Gasteiger partial charge in [0.1, 0.15) is 11.3 Å². The van der Waals surface area contributed by atoms with Crippen LogP contribution in [0.2, 0.25) is 0 Å². The predicted molar refractivity (Wildman–Crippen MR) is 123 cm³/mol. The fourth-order valence-corrected chi connectivity index (χ4v) is 5.07. The highest BCUT2D eigenvalue weighted by Gasteiger charge is 2.32. The third kappa shape index (κ3) is 3.71. The number of fused-ring (bicyclic) bond motifs is 1. The minimum atomic E-state index is -4.24. The summed E-state index contributed by atoms with van der Waals surface area (Å²) in [7, 11) is -4.24. The van der Waals surface area contributed by atoms with Crippen molar-refractivity contribution in [1.29, 1.82) is 0 Å². The number of nitrogens with zero attached hydrogens (tertiary/aromatic N) is 1. The molecule has 7 heteroatoms. The third-order valence-electron chi connectivity index (χ3n) is 5.20. The highest BCUT2D eigenvalue weighted by atomic mass is 32.2. The second kappa shape index (κ2) is 8.09. The molecular formula is C25H21NO5S. The molecule has 0 spiro atoms. The van der Waals surface area contributed by atoms with Gasteiger partial charge in [0.2, 0.25) is 0 Å². The van der Waals surface area contributed by atoms with Crippen LogP contribution in [0.15, 0.2) is 82.1 Å². The molecule has 4 rings (SSSR count). The van der Waals surface area contributed by atoms with Gasteiger partial charge in [-0.25, -0.2) is 8.42 Å². The lowest BCUT2D eigenvalue weighted by Crippen LogP contribution is -2.37. The molecule has 0 aliphatic heterocycles. The van der Waals surface area contributed by atoms with Crippen LogP contribution in [-0.4, -0.2) is 20.1 Å². The van der Waals surface area contributed by atoms with Crippen LogP contribution < -0.4 is 4.31 Å². The van der Waals surface area contributed by atoms with Gasteiger partial charge in [-0.05, 0) is 63.2 Å². The predicted octanol–water partition coefficient (Wildman–Crippen LogP) is 5.29. The number of ketones is 1. The van der Waals surface area contributed by atoms with E-state index in [-0.39, 0.29) is 21.9 Å². The van der Waals surface area contributed by atoms with Gasteiger partial charge in [-0.3, -0.25) is 9.59 Å². The average Bonchev–Trinajstić information content (AvgIpc) is 3.10. The van der Waals surface area contributed by atoms with Crippen molar-refractivity contribution in [1.82, 2.24) is 0 Å². The number of amides is 1. The number of rotatable bonds is 5. The van der Waals surface area contributed by atoms with Gasteiger partial charge in [-0.1, -0.05) is 35.9 Å². The van der Waals surface area contributed by atoms with E-state index in [2.05, 4.69) is 0 Å². The van der Waals surface area contributed by atoms with Crippen molar-refractivity contribution < 1.29 is 22.4 Å². The molecule has 162 valence electrons. The Balaban J connectivity index is 1.95. The van der Waals surface area contributed by atoms with Gasteiger partial charge in [-0.2, -0.15) is 4.31 Å². The molecule has 0 bridgehead atoms. The van der Waals surface area contributed by atoms with Gasteiger partial charge in [0, 0.05) is 10.9 Å². The van der Waals surface area contributed by atoms with Crippen LogP contribution in [0.5, 0.6) is 0 Å². The molecule has 1 aromatic heterocycles. The minimum Gasteiger partial charge on any atom is -0.461 e. The maximum Gasteiger partial charge on any atom is 0.272 e. The number of carbonyl (C=O) groups excluding carboxylic acids is 2. The third-order valence-corrected chi connectivity index (χ3v) is 6.92. The number of hydrogen-bond acceptors (Lipinski definition) is 5. The Morgan fingerprint density at radius 1 is 0.875 bits per heavy atom. The summed E-state index contributed by atoms with van der Waals surface area (Å²) in [6, 6.07) is 19.0. The number of Topliss-reactive ketones (excluding diaryl/α,β-unsaturated/α-hetero) is 1. The molecule has 0 unspecified atom stereocenters. The molecule has 3 aromatic carbocycles. The molecule has 6 nitrogen and oxygen atoms in total. The minimum absolute atomic E-state index is 0.0178. The van der Waals surface area contributed by atoms with E-state index < -0.39 is 15.9 Å². The first-order valence-electron chi connectivity index (χ1n) is 9.95. The van der Waals surface area contributed by atoms with Crippen LogP contribution >= 0.6 is 0 Å². The number of benzene rings is 3. The van der Waals surface area contributed by atoms with Crippen LogP contribution in [-0.2, 0) is 10.0 Å². The molecule has 1 amide bonds. The fourth-order valence-electron chi connectivity index (χ4n) is 3.65. The SMILES string of the molecule is CC(=O)c1c(C)oc2ccc(N(C(=O)c3ccc(C)cc3)S(=O)(=O)c3ccccc3)cc12. The van der Waals surface area contributed by atoms with Crippen molar-refractivity contribution in [2.24, 2.45) is 0 Å². The number of hydrogen-bond donors (Lipinski definition) is 0. The molecule has 0 aliphatic carbocycles. The van der Waals surface area contributed by atoms with Crippen molar-refractivity contribution in [2.75, 3.05) is 4.31 Å². The molecule has 0 N–H and O–H groups in total. The second-order valence-electron chi connectivity index (χ2n) is 7.52. The van der Waals surface area contributed by atoms with E-state index in [1.165, 1.54) is 31.2 Å². The molecule has 4 aromatic rings. The highest BCUT2D eigenvalue weighted by Crippen LogP contribution is 2.33. The van der Waals surface area contributed by atoms with Gasteiger partial charge in [0.25, 0.3) is 15.9 Å². The number of carbonyl (C=O) groups is 2. The van der Waals surface area contributed by atoms with E-state index in [9.17, 15) is 18.0 Å². The van der Waals surface area contributed by atoms with Crippen LogP contribution in [0.4, 0.5) is 5.69 Å². The second-order valence-corrected chi connectivity index (χ2v) is 9.31. The van der Waals surface area contributed by atoms with Crippen molar-refractivity contribution >= 4 is 38.4 Å². The topological polar surface area (TPSA) is 84.7 Å². The number of anilines is 1. The summed E-state index contributed by atoms with van der Waals surface area (Å²) < 4.78 is 33.6. The van der Waals surface area contributed by atoms with E-state index in [1.54, 1.807) is 55.5 Å². The van der Waals surface area contributed by atoms with E-state index in [1.807, 2.05) is 6.92 Å². The molecule has 0 saturated carbocycles. The zero-order valence-electron chi connectivity index (χ0n) is 17.8. The van der Waals surface area contributed by atoms with Crippen LogP contribution in [0.1, 0.15) is 39.0 Å². The van der Waals surface area contributed by atoms with Gasteiger partial charge in [0.05, 0.1) is 16.1 Å². The molecule has 0 radical (unpaired) electrons. The van der Waals surface area contributed by atoms with Gasteiger partial charge in [0.15, 0.2) is 5.78 Å². The first-order chi connectivity index (χ1) is 15.2. The average molecular weight is 448 g/mol. The van der Waals surface area contributed by atoms with Crippen molar-refractivity contribution in [3.63, 3.8) is 0 Å². The molecule has 32 heavy (non-hydrogen) atoms. The summed E-state index contributed by atoms with van der Waals surface area (Å²) >= 11 is 0. The molecule has 1 heterocycles. The summed E-state index contributed by atoms with van der Waals surface area (Å²) in [5, 5.41) is 0.456. The first kappa shape index (κ1) is 21.5. The van der Waals surface area contributed by atoms with E-state index >= 15 is 0 Å². The quantitative estimate of drug-likeness (QED) is 0.388. The number of furan rings is 1. The normalized spacial score (nSPS) is 11.5. The largest absolute Gasteiger partial charge is 0.461 e. The summed E-state index contributed by atoms with van der Waals surface area (Å²) in [5.74, 6) is -0.467. The maximum atomic E-state index is 13.6. The first-order valence-corrected chi connectivity index (χ1v) is 11.4. The lowest BCUT2D eigenvalue weighted by Gasteiger charge is -2.23. The van der Waals surface area contributed by atoms with Crippen LogP contribution in [0, 0.1) is 13.8 Å². The summed E-state index contributed by atoms with van der Waals surface area (Å²) in [5.41, 5.74) is 2.10. The Morgan fingerprint density at radius 2 is 1.53 bits per heavy atom. The molecule has 0 fully saturated rings. The highest BCUT2D eigenvalue weighted by molar-refractivity contribution is 7.93. The Labute approximate surface area is 186 Å². The zero-order chi connectivity index (χ0) is 23.0. The van der Waals surface area contributed by atoms with Crippen molar-refractivity contribution in [2.45, 2.75) is 25.7 Å². The lowest BCUT2D eigenvalue weighted by atomic mass is 10.1. The Bertz CT molecular complexity index is 1440. The maximum absolute atomic E-state index is 13.6. The van der Waals surface area contributed by atoms with Gasteiger partial charge < -0.3 is 4.42 Å². The monoisotopic (exact) mass is 447 g/mol. The van der Waals surface area contributed by atoms with Crippen molar-refractivity contribution in [3.8, 4) is 0 Å². The Kier molecular flexibility index (Phi) is 5.44. The summed E-state index contributed by atoms with van der Waals surface area (Å²) in [6.07, 6.45) is 0. The van der Waals surface area contributed by atoms with Gasteiger partial charge in [-0.15, -0.1) is 0 Å².